The number of hydrogen-bond donors (Lipinski definition) is 6. The van der Waals surface area contributed by atoms with Crippen molar-refractivity contribution < 1.29 is 23.9 Å². The van der Waals surface area contributed by atoms with Crippen LogP contribution in [0.2, 0.25) is 0 Å². The number of carbonyl (C=O) groups is 4. The number of methoxy groups -OCH3 is 1. The highest BCUT2D eigenvalue weighted by Crippen LogP contribution is 2.43. The van der Waals surface area contributed by atoms with Crippen LogP contribution in [0, 0.1) is 13.8 Å². The first-order valence-electron chi connectivity index (χ1n) is 22.1. The molecule has 334 valence electrons. The number of esters is 1. The van der Waals surface area contributed by atoms with Crippen molar-refractivity contribution in [2.45, 2.75) is 90.9 Å². The van der Waals surface area contributed by atoms with E-state index in [9.17, 15) is 19.2 Å². The molecule has 0 fully saturated rings. The number of aromatic nitrogens is 6. The fourth-order valence-corrected chi connectivity index (χ4v) is 9.01. The Morgan fingerprint density at radius 1 is 0.719 bits per heavy atom. The standard InChI is InChI=1S/C49H58N10O5/c1-8-32-27(2)35-26-40-45(31(6)60)29(4)37(57-40)24-36-28(3)33(15-16-43(61)54-21-19-52-41-13-9-11-17-50-41)47(58-36)34(23-44(62)64-7)48-46(30(5)38(59-48)25-39(32)56-35)49(63)55-22-20-53-42-14-10-12-18-51-42/h9-14,17-18,24-28,32-33,57,59H,8,15-16,19-23H2,1-7H3,(H,50,52)(H,51,53)(H,54,61)(H,55,63)/t27-,28+,32-,33+/m1/s1. The number of ether oxygens (including phenoxy) is 1. The van der Waals surface area contributed by atoms with Gasteiger partial charge in [-0.3, -0.25) is 29.1 Å². The molecule has 7 heterocycles. The van der Waals surface area contributed by atoms with Gasteiger partial charge in [-0.25, -0.2) is 9.97 Å². The van der Waals surface area contributed by atoms with Gasteiger partial charge in [0.2, 0.25) is 5.91 Å². The van der Waals surface area contributed by atoms with Crippen LogP contribution in [0.4, 0.5) is 11.6 Å². The molecule has 0 saturated heterocycles. The van der Waals surface area contributed by atoms with Crippen LogP contribution in [0.15, 0.2) is 67.0 Å². The van der Waals surface area contributed by atoms with Gasteiger partial charge >= 0.3 is 5.97 Å². The van der Waals surface area contributed by atoms with Crippen molar-refractivity contribution in [2.75, 3.05) is 43.9 Å². The minimum atomic E-state index is -0.511. The lowest BCUT2D eigenvalue weighted by Gasteiger charge is -2.18. The van der Waals surface area contributed by atoms with Gasteiger partial charge in [-0.05, 0) is 87.2 Å². The lowest BCUT2D eigenvalue weighted by atomic mass is 9.85. The lowest BCUT2D eigenvalue weighted by Crippen LogP contribution is -2.29. The highest BCUT2D eigenvalue weighted by molar-refractivity contribution is 6.06. The van der Waals surface area contributed by atoms with E-state index in [0.29, 0.717) is 88.6 Å². The normalized spacial score (nSPS) is 16.8. The Bertz CT molecular complexity index is 2700. The average molecular weight is 867 g/mol. The van der Waals surface area contributed by atoms with Crippen LogP contribution in [-0.4, -0.2) is 86.8 Å². The van der Waals surface area contributed by atoms with E-state index in [1.807, 2.05) is 68.4 Å². The summed E-state index contributed by atoms with van der Waals surface area (Å²) in [7, 11) is 1.34. The Kier molecular flexibility index (Phi) is 14.2. The number of rotatable bonds is 16. The first-order valence-corrected chi connectivity index (χ1v) is 22.1. The van der Waals surface area contributed by atoms with Crippen LogP contribution in [0.1, 0.15) is 131 Å². The number of pyridine rings is 2. The molecule has 15 heteroatoms. The number of ketones is 1. The zero-order valence-corrected chi connectivity index (χ0v) is 37.6. The van der Waals surface area contributed by atoms with Gasteiger partial charge in [0.1, 0.15) is 11.6 Å². The van der Waals surface area contributed by atoms with E-state index in [0.717, 1.165) is 34.7 Å². The van der Waals surface area contributed by atoms with E-state index in [2.05, 4.69) is 62.0 Å². The van der Waals surface area contributed by atoms with Crippen molar-refractivity contribution in [3.63, 3.8) is 0 Å². The Hall–Kier alpha value is -6.90. The summed E-state index contributed by atoms with van der Waals surface area (Å²) in [5.41, 5.74) is 8.43. The van der Waals surface area contributed by atoms with Gasteiger partial charge in [-0.1, -0.05) is 32.9 Å². The minimum absolute atomic E-state index is 0.0411. The van der Waals surface area contributed by atoms with Crippen molar-refractivity contribution in [3.05, 3.63) is 118 Å². The molecule has 2 aliphatic heterocycles. The number of amides is 2. The molecule has 0 aliphatic carbocycles. The summed E-state index contributed by atoms with van der Waals surface area (Å²) in [6.45, 7) is 13.3. The number of nitrogens with zero attached hydrogens (tertiary/aromatic N) is 4. The van der Waals surface area contributed by atoms with Gasteiger partial charge in [-0.2, -0.15) is 0 Å². The molecular weight excluding hydrogens is 809 g/mol. The van der Waals surface area contributed by atoms with Crippen LogP contribution in [-0.2, 0) is 20.7 Å². The Balaban J connectivity index is 1.39. The highest BCUT2D eigenvalue weighted by atomic mass is 16.5. The molecule has 6 N–H and O–H groups in total. The first kappa shape index (κ1) is 45.1. The quantitative estimate of drug-likeness (QED) is 0.0322. The average Bonchev–Trinajstić information content (AvgIpc) is 3.98. The second kappa shape index (κ2) is 20.1. The number of anilines is 2. The zero-order valence-electron chi connectivity index (χ0n) is 37.6. The monoisotopic (exact) mass is 866 g/mol. The largest absolute Gasteiger partial charge is 0.469 e. The molecule has 4 atom stereocenters. The van der Waals surface area contributed by atoms with Gasteiger partial charge in [-0.15, -0.1) is 0 Å². The second-order valence-corrected chi connectivity index (χ2v) is 16.6. The number of carbonyl (C=O) groups excluding carboxylic acids is 4. The van der Waals surface area contributed by atoms with E-state index < -0.39 is 5.97 Å². The van der Waals surface area contributed by atoms with E-state index in [1.54, 1.807) is 19.3 Å². The molecule has 64 heavy (non-hydrogen) atoms. The van der Waals surface area contributed by atoms with Crippen molar-refractivity contribution in [2.24, 2.45) is 0 Å². The summed E-state index contributed by atoms with van der Waals surface area (Å²) < 4.78 is 5.29. The number of aryl methyl sites for hydroxylation is 2. The Morgan fingerprint density at radius 2 is 1.31 bits per heavy atom. The molecule has 5 aromatic heterocycles. The lowest BCUT2D eigenvalue weighted by molar-refractivity contribution is -0.139. The molecule has 0 aromatic carbocycles. The molecule has 7 rings (SSSR count). The van der Waals surface area contributed by atoms with Crippen LogP contribution in [0.5, 0.6) is 0 Å². The Morgan fingerprint density at radius 3 is 1.94 bits per heavy atom. The molecule has 0 spiro atoms. The van der Waals surface area contributed by atoms with E-state index in [-0.39, 0.29) is 54.1 Å². The molecule has 15 nitrogen and oxygen atoms in total. The van der Waals surface area contributed by atoms with Crippen LogP contribution in [0.3, 0.4) is 0 Å². The third-order valence-electron chi connectivity index (χ3n) is 12.5. The molecule has 5 aromatic rings. The van der Waals surface area contributed by atoms with E-state index >= 15 is 0 Å². The predicted octanol–water partition coefficient (Wildman–Crippen LogP) is 7.67. The molecule has 2 amide bonds. The molecule has 8 bridgehead atoms. The third-order valence-corrected chi connectivity index (χ3v) is 12.5. The third kappa shape index (κ3) is 9.83. The first-order chi connectivity index (χ1) is 30.9. The Labute approximate surface area is 373 Å². The topological polar surface area (TPSA) is 209 Å². The maximum Gasteiger partial charge on any atom is 0.310 e. The summed E-state index contributed by atoms with van der Waals surface area (Å²) in [4.78, 5) is 80.9. The van der Waals surface area contributed by atoms with Crippen LogP contribution in [0.25, 0.3) is 22.1 Å². The zero-order chi connectivity index (χ0) is 45.5. The summed E-state index contributed by atoms with van der Waals surface area (Å²) in [5.74, 6) is -0.105. The van der Waals surface area contributed by atoms with Crippen molar-refractivity contribution in [1.29, 1.82) is 0 Å². The summed E-state index contributed by atoms with van der Waals surface area (Å²) in [5, 5.41) is 12.6. The summed E-state index contributed by atoms with van der Waals surface area (Å²) >= 11 is 0. The van der Waals surface area contributed by atoms with Gasteiger partial charge in [0.15, 0.2) is 5.78 Å². The number of Topliss-reactive ketones (excluding diaryl/α,β-unsaturated/α-hetero) is 1. The summed E-state index contributed by atoms with van der Waals surface area (Å²) in [6, 6.07) is 17.1. The fraction of sp³-hybridized carbons (Fsp3) is 0.388. The number of fused-ring (bicyclic) bond motifs is 8. The SMILES string of the molecule is CC[C@H]1c2cc3[nH]c(c(CC(=O)OC)c4nc(cc5[nH]c(cc(n2)[C@@H]1C)c(C(C)=O)c5C)[C@@H](C)[C@@H]4CCC(=O)NCCNc1ccccn1)c(C(=O)NCCNc1ccccn1)c3C. The summed E-state index contributed by atoms with van der Waals surface area (Å²) in [6.07, 6.45) is 4.59. The number of hydrogen-bond acceptors (Lipinski definition) is 11. The van der Waals surface area contributed by atoms with Gasteiger partial charge in [0, 0.05) is 108 Å². The molecular formula is C49H58N10O5. The van der Waals surface area contributed by atoms with Gasteiger partial charge in [0.05, 0.1) is 35.8 Å². The van der Waals surface area contributed by atoms with E-state index in [4.69, 9.17) is 14.7 Å². The van der Waals surface area contributed by atoms with Crippen molar-refractivity contribution >= 4 is 57.3 Å². The highest BCUT2D eigenvalue weighted by Gasteiger charge is 2.34. The molecule has 0 saturated carbocycles. The molecule has 0 unspecified atom stereocenters. The van der Waals surface area contributed by atoms with Crippen molar-refractivity contribution in [1.82, 2.24) is 40.5 Å². The maximum absolute atomic E-state index is 14.5. The number of H-pyrrole nitrogens is 2. The number of aromatic amines is 2. The van der Waals surface area contributed by atoms with E-state index in [1.165, 1.54) is 7.11 Å². The minimum Gasteiger partial charge on any atom is -0.469 e. The van der Waals surface area contributed by atoms with Crippen LogP contribution < -0.4 is 21.3 Å². The maximum atomic E-state index is 14.5. The van der Waals surface area contributed by atoms with Gasteiger partial charge in [0.25, 0.3) is 5.91 Å². The molecule has 2 aliphatic rings. The smallest absolute Gasteiger partial charge is 0.310 e. The molecule has 0 radical (unpaired) electrons. The number of nitrogens with one attached hydrogen (secondary N) is 6. The predicted molar refractivity (Wildman–Crippen MR) is 249 cm³/mol. The fourth-order valence-electron chi connectivity index (χ4n) is 9.01. The van der Waals surface area contributed by atoms with Gasteiger partial charge < -0.3 is 36.0 Å². The van der Waals surface area contributed by atoms with Crippen LogP contribution >= 0.6 is 0 Å². The second-order valence-electron chi connectivity index (χ2n) is 16.6. The van der Waals surface area contributed by atoms with Crippen molar-refractivity contribution in [3.8, 4) is 0 Å².